The standard InChI is InChI=1S/C22H23N7O5/c30-20(13-28-15-23-24-25-28)26-10-7-22(8-11-26)9-12-27(14-22)21(31)19-6-5-18(34-19)16-3-1-2-4-17(16)29(32)33/h1-6,15H,7-14H2. The van der Waals surface area contributed by atoms with Gasteiger partial charge in [-0.1, -0.05) is 12.1 Å². The molecular formula is C22H23N7O5. The van der Waals surface area contributed by atoms with E-state index in [4.69, 9.17) is 4.42 Å². The molecule has 0 radical (unpaired) electrons. The maximum atomic E-state index is 13.1. The third kappa shape index (κ3) is 4.14. The summed E-state index contributed by atoms with van der Waals surface area (Å²) in [5.41, 5.74) is 0.245. The fraction of sp³-hybridized carbons (Fsp3) is 0.409. The first-order valence-corrected chi connectivity index (χ1v) is 11.1. The Kier molecular flexibility index (Phi) is 5.56. The molecule has 2 aromatic heterocycles. The molecule has 1 aromatic carbocycles. The van der Waals surface area contributed by atoms with Gasteiger partial charge in [0, 0.05) is 32.2 Å². The highest BCUT2D eigenvalue weighted by atomic mass is 16.6. The number of nitrogens with zero attached hydrogens (tertiary/aromatic N) is 7. The molecule has 2 fully saturated rings. The number of carbonyl (C=O) groups is 2. The molecule has 0 bridgehead atoms. The molecule has 12 nitrogen and oxygen atoms in total. The van der Waals surface area contributed by atoms with Crippen LogP contribution in [0.2, 0.25) is 0 Å². The topological polar surface area (TPSA) is 140 Å². The van der Waals surface area contributed by atoms with Gasteiger partial charge in [0.15, 0.2) is 5.76 Å². The minimum Gasteiger partial charge on any atom is -0.451 e. The van der Waals surface area contributed by atoms with Crippen molar-refractivity contribution in [1.29, 1.82) is 0 Å². The van der Waals surface area contributed by atoms with Crippen LogP contribution in [0.5, 0.6) is 0 Å². The van der Waals surface area contributed by atoms with Crippen molar-refractivity contribution >= 4 is 17.5 Å². The van der Waals surface area contributed by atoms with E-state index in [0.29, 0.717) is 37.5 Å². The van der Waals surface area contributed by atoms with E-state index in [1.807, 2.05) is 4.90 Å². The van der Waals surface area contributed by atoms with Gasteiger partial charge in [-0.2, -0.15) is 0 Å². The van der Waals surface area contributed by atoms with E-state index in [1.54, 1.807) is 35.2 Å². The van der Waals surface area contributed by atoms with Crippen LogP contribution in [-0.2, 0) is 11.3 Å². The van der Waals surface area contributed by atoms with Crippen LogP contribution < -0.4 is 0 Å². The fourth-order valence-electron chi connectivity index (χ4n) is 4.83. The van der Waals surface area contributed by atoms with Crippen molar-refractivity contribution in [3.8, 4) is 11.3 Å². The minimum absolute atomic E-state index is 0.0190. The number of tetrazole rings is 1. The predicted octanol–water partition coefficient (Wildman–Crippen LogP) is 2.00. The highest BCUT2D eigenvalue weighted by Gasteiger charge is 2.43. The van der Waals surface area contributed by atoms with Crippen LogP contribution in [0.1, 0.15) is 29.8 Å². The fourth-order valence-corrected chi connectivity index (χ4v) is 4.83. The number of nitro groups is 1. The van der Waals surface area contributed by atoms with Crippen LogP contribution >= 0.6 is 0 Å². The second-order valence-electron chi connectivity index (χ2n) is 8.80. The number of rotatable bonds is 5. The van der Waals surface area contributed by atoms with Crippen molar-refractivity contribution in [2.45, 2.75) is 25.8 Å². The molecule has 2 aliphatic heterocycles. The lowest BCUT2D eigenvalue weighted by molar-refractivity contribution is -0.384. The summed E-state index contributed by atoms with van der Waals surface area (Å²) in [6.45, 7) is 2.59. The zero-order valence-corrected chi connectivity index (χ0v) is 18.4. The largest absolute Gasteiger partial charge is 0.451 e. The van der Waals surface area contributed by atoms with E-state index < -0.39 is 4.92 Å². The summed E-state index contributed by atoms with van der Waals surface area (Å²) in [5, 5.41) is 22.1. The Morgan fingerprint density at radius 1 is 1.06 bits per heavy atom. The van der Waals surface area contributed by atoms with Crippen LogP contribution in [0, 0.1) is 15.5 Å². The minimum atomic E-state index is -0.469. The summed E-state index contributed by atoms with van der Waals surface area (Å²) in [6, 6.07) is 9.45. The highest BCUT2D eigenvalue weighted by Crippen LogP contribution is 2.41. The van der Waals surface area contributed by atoms with E-state index in [2.05, 4.69) is 15.5 Å². The molecule has 4 heterocycles. The van der Waals surface area contributed by atoms with Crippen molar-refractivity contribution in [3.63, 3.8) is 0 Å². The molecule has 0 atom stereocenters. The van der Waals surface area contributed by atoms with Gasteiger partial charge < -0.3 is 14.2 Å². The number of furan rings is 1. The third-order valence-electron chi connectivity index (χ3n) is 6.77. The number of aromatic nitrogens is 4. The quantitative estimate of drug-likeness (QED) is 0.412. The summed E-state index contributed by atoms with van der Waals surface area (Å²) in [4.78, 5) is 40.0. The van der Waals surface area contributed by atoms with Gasteiger partial charge in [0.05, 0.1) is 10.5 Å². The van der Waals surface area contributed by atoms with Crippen molar-refractivity contribution in [3.05, 3.63) is 58.6 Å². The molecule has 3 aromatic rings. The highest BCUT2D eigenvalue weighted by molar-refractivity contribution is 5.92. The monoisotopic (exact) mass is 465 g/mol. The van der Waals surface area contributed by atoms with Crippen molar-refractivity contribution in [1.82, 2.24) is 30.0 Å². The lowest BCUT2D eigenvalue weighted by Crippen LogP contribution is -2.45. The van der Waals surface area contributed by atoms with Crippen molar-refractivity contribution < 1.29 is 18.9 Å². The van der Waals surface area contributed by atoms with E-state index in [0.717, 1.165) is 19.3 Å². The Bertz CT molecular complexity index is 1210. The third-order valence-corrected chi connectivity index (χ3v) is 6.77. The Morgan fingerprint density at radius 2 is 1.79 bits per heavy atom. The summed E-state index contributed by atoms with van der Waals surface area (Å²) in [5.74, 6) is 0.211. The Labute approximate surface area is 194 Å². The number of likely N-dealkylation sites (tertiary alicyclic amines) is 2. The van der Waals surface area contributed by atoms with Gasteiger partial charge in [0.25, 0.3) is 11.6 Å². The number of nitro benzene ring substituents is 1. The van der Waals surface area contributed by atoms with Gasteiger partial charge >= 0.3 is 0 Å². The SMILES string of the molecule is O=C(Cn1cnnn1)N1CCC2(CC1)CCN(C(=O)c1ccc(-c3ccccc3[N+](=O)[O-])o1)C2. The molecule has 176 valence electrons. The maximum Gasteiger partial charge on any atom is 0.289 e. The van der Waals surface area contributed by atoms with Crippen LogP contribution in [0.4, 0.5) is 5.69 Å². The molecule has 0 saturated carbocycles. The number of benzene rings is 1. The van der Waals surface area contributed by atoms with E-state index >= 15 is 0 Å². The molecule has 0 unspecified atom stereocenters. The lowest BCUT2D eigenvalue weighted by atomic mass is 9.78. The van der Waals surface area contributed by atoms with E-state index in [9.17, 15) is 19.7 Å². The first-order chi connectivity index (χ1) is 16.4. The van der Waals surface area contributed by atoms with Crippen LogP contribution in [0.25, 0.3) is 11.3 Å². The Balaban J connectivity index is 1.21. The average molecular weight is 465 g/mol. The van der Waals surface area contributed by atoms with Gasteiger partial charge in [-0.15, -0.1) is 5.10 Å². The summed E-state index contributed by atoms with van der Waals surface area (Å²) >= 11 is 0. The normalized spacial score (nSPS) is 17.3. The maximum absolute atomic E-state index is 13.1. The molecule has 0 N–H and O–H groups in total. The number of piperidine rings is 1. The molecule has 5 rings (SSSR count). The van der Waals surface area contributed by atoms with Crippen LogP contribution in [0.15, 0.2) is 47.1 Å². The summed E-state index contributed by atoms with van der Waals surface area (Å²) in [7, 11) is 0. The smallest absolute Gasteiger partial charge is 0.289 e. The summed E-state index contributed by atoms with van der Waals surface area (Å²) < 4.78 is 7.15. The molecule has 34 heavy (non-hydrogen) atoms. The molecule has 12 heteroatoms. The Hall–Kier alpha value is -4.09. The van der Waals surface area contributed by atoms with E-state index in [1.165, 1.54) is 17.1 Å². The average Bonchev–Trinajstić information content (AvgIpc) is 3.61. The van der Waals surface area contributed by atoms with Crippen molar-refractivity contribution in [2.24, 2.45) is 5.41 Å². The van der Waals surface area contributed by atoms with Gasteiger partial charge in [0.1, 0.15) is 18.6 Å². The first kappa shape index (κ1) is 21.7. The number of amides is 2. The second kappa shape index (κ2) is 8.69. The second-order valence-corrected chi connectivity index (χ2v) is 8.80. The molecule has 1 spiro atoms. The van der Waals surface area contributed by atoms with Gasteiger partial charge in [-0.25, -0.2) is 4.68 Å². The molecule has 2 saturated heterocycles. The number of hydrogen-bond acceptors (Lipinski definition) is 8. The molecule has 2 aliphatic rings. The van der Waals surface area contributed by atoms with Crippen molar-refractivity contribution in [2.75, 3.05) is 26.2 Å². The summed E-state index contributed by atoms with van der Waals surface area (Å²) in [6.07, 6.45) is 3.92. The lowest BCUT2D eigenvalue weighted by Gasteiger charge is -2.39. The van der Waals surface area contributed by atoms with E-state index in [-0.39, 0.29) is 35.2 Å². The van der Waals surface area contributed by atoms with Gasteiger partial charge in [-0.05, 0) is 53.3 Å². The number of hydrogen-bond donors (Lipinski definition) is 0. The van der Waals surface area contributed by atoms with Gasteiger partial charge in [-0.3, -0.25) is 19.7 Å². The number of para-hydroxylation sites is 1. The Morgan fingerprint density at radius 3 is 2.50 bits per heavy atom. The van der Waals surface area contributed by atoms with Crippen LogP contribution in [0.3, 0.4) is 0 Å². The predicted molar refractivity (Wildman–Crippen MR) is 117 cm³/mol. The molecule has 2 amide bonds. The molecule has 0 aliphatic carbocycles. The number of carbonyl (C=O) groups excluding carboxylic acids is 2. The first-order valence-electron chi connectivity index (χ1n) is 11.1. The van der Waals surface area contributed by atoms with Gasteiger partial charge in [0.2, 0.25) is 5.91 Å². The van der Waals surface area contributed by atoms with Crippen LogP contribution in [-0.4, -0.2) is 72.9 Å². The molecular weight excluding hydrogens is 442 g/mol. The zero-order valence-electron chi connectivity index (χ0n) is 18.4. The zero-order chi connectivity index (χ0) is 23.7.